The number of hydrogen-bond acceptors (Lipinski definition) is 3. The van der Waals surface area contributed by atoms with Crippen molar-refractivity contribution in [3.8, 4) is 5.75 Å². The molecule has 0 radical (unpaired) electrons. The van der Waals surface area contributed by atoms with Crippen molar-refractivity contribution in [1.82, 2.24) is 0 Å². The van der Waals surface area contributed by atoms with Crippen LogP contribution in [0.4, 0.5) is 5.69 Å². The van der Waals surface area contributed by atoms with E-state index in [2.05, 4.69) is 0 Å². The summed E-state index contributed by atoms with van der Waals surface area (Å²) in [5.74, 6) is -0.137. The fraction of sp³-hybridized carbons (Fsp3) is 0.0714. The number of hydrogen-bond donors (Lipinski definition) is 2. The van der Waals surface area contributed by atoms with Crippen LogP contribution in [0.1, 0.15) is 15.9 Å². The summed E-state index contributed by atoms with van der Waals surface area (Å²) in [7, 11) is 0. The van der Waals surface area contributed by atoms with Gasteiger partial charge in [-0.25, -0.2) is 0 Å². The van der Waals surface area contributed by atoms with Gasteiger partial charge in [0, 0.05) is 11.3 Å². The first-order chi connectivity index (χ1) is 9.47. The molecule has 0 fully saturated rings. The molecule has 0 heterocycles. The second-order valence-electron chi connectivity index (χ2n) is 4.17. The number of amides is 1. The number of nitrogens with two attached hydrogens (primary N) is 2. The Hall–Kier alpha value is -1.91. The van der Waals surface area contributed by atoms with Gasteiger partial charge in [0.25, 0.3) is 0 Å². The summed E-state index contributed by atoms with van der Waals surface area (Å²) < 4.78 is 5.57. The minimum Gasteiger partial charge on any atom is -0.486 e. The summed E-state index contributed by atoms with van der Waals surface area (Å²) in [6.07, 6.45) is 0. The summed E-state index contributed by atoms with van der Waals surface area (Å²) in [6.45, 7) is 0.213. The lowest BCUT2D eigenvalue weighted by molar-refractivity contribution is 0.1000. The molecule has 4 nitrogen and oxygen atoms in total. The zero-order valence-corrected chi connectivity index (χ0v) is 11.9. The first kappa shape index (κ1) is 14.5. The molecule has 2 aromatic rings. The SMILES string of the molecule is NC(=O)c1cccc(COc2c(Cl)cc(N)cc2Cl)c1. The van der Waals surface area contributed by atoms with E-state index in [9.17, 15) is 4.79 Å². The Kier molecular flexibility index (Phi) is 4.37. The van der Waals surface area contributed by atoms with Gasteiger partial charge in [-0.3, -0.25) is 4.79 Å². The molecule has 2 aromatic carbocycles. The Labute approximate surface area is 126 Å². The van der Waals surface area contributed by atoms with Gasteiger partial charge in [0.2, 0.25) is 5.91 Å². The van der Waals surface area contributed by atoms with E-state index in [1.165, 1.54) is 0 Å². The molecule has 2 rings (SSSR count). The Balaban J connectivity index is 2.17. The van der Waals surface area contributed by atoms with E-state index in [1.807, 2.05) is 6.07 Å². The van der Waals surface area contributed by atoms with Gasteiger partial charge in [-0.05, 0) is 29.8 Å². The van der Waals surface area contributed by atoms with Crippen molar-refractivity contribution < 1.29 is 9.53 Å². The minimum absolute atomic E-state index is 0.213. The molecule has 0 atom stereocenters. The molecule has 0 bridgehead atoms. The zero-order chi connectivity index (χ0) is 14.7. The first-order valence-corrected chi connectivity index (χ1v) is 6.49. The van der Waals surface area contributed by atoms with Gasteiger partial charge in [-0.15, -0.1) is 0 Å². The number of carbonyl (C=O) groups is 1. The average Bonchev–Trinajstić information content (AvgIpc) is 2.37. The topological polar surface area (TPSA) is 78.3 Å². The van der Waals surface area contributed by atoms with Crippen molar-refractivity contribution >= 4 is 34.8 Å². The van der Waals surface area contributed by atoms with Crippen LogP contribution in [0.2, 0.25) is 10.0 Å². The van der Waals surface area contributed by atoms with E-state index in [0.29, 0.717) is 27.0 Å². The third-order valence-corrected chi connectivity index (χ3v) is 3.18. The third-order valence-electron chi connectivity index (χ3n) is 2.62. The van der Waals surface area contributed by atoms with Crippen molar-refractivity contribution in [2.45, 2.75) is 6.61 Å². The first-order valence-electron chi connectivity index (χ1n) is 5.73. The molecule has 4 N–H and O–H groups in total. The number of benzene rings is 2. The number of rotatable bonds is 4. The summed E-state index contributed by atoms with van der Waals surface area (Å²) in [5, 5.41) is 0.669. The van der Waals surface area contributed by atoms with Crippen LogP contribution in [0.25, 0.3) is 0 Å². The fourth-order valence-electron chi connectivity index (χ4n) is 1.69. The summed E-state index contributed by atoms with van der Waals surface area (Å²) in [5.41, 5.74) is 12.5. The van der Waals surface area contributed by atoms with E-state index in [0.717, 1.165) is 5.56 Å². The van der Waals surface area contributed by atoms with Crippen molar-refractivity contribution in [1.29, 1.82) is 0 Å². The number of anilines is 1. The van der Waals surface area contributed by atoms with Crippen molar-refractivity contribution in [3.05, 3.63) is 57.6 Å². The number of nitrogen functional groups attached to an aromatic ring is 1. The van der Waals surface area contributed by atoms with Crippen molar-refractivity contribution in [2.24, 2.45) is 5.73 Å². The predicted octanol–water partition coefficient (Wildman–Crippen LogP) is 3.25. The zero-order valence-electron chi connectivity index (χ0n) is 10.4. The number of primary amides is 1. The molecule has 0 unspecified atom stereocenters. The molecular weight excluding hydrogens is 299 g/mol. The highest BCUT2D eigenvalue weighted by molar-refractivity contribution is 6.37. The maximum atomic E-state index is 11.1. The molecule has 0 aliphatic carbocycles. The molecule has 1 amide bonds. The largest absolute Gasteiger partial charge is 0.486 e. The van der Waals surface area contributed by atoms with Crippen molar-refractivity contribution in [2.75, 3.05) is 5.73 Å². The van der Waals surface area contributed by atoms with Crippen molar-refractivity contribution in [3.63, 3.8) is 0 Å². The third kappa shape index (κ3) is 3.35. The number of ether oxygens (including phenoxy) is 1. The van der Waals surface area contributed by atoms with E-state index in [1.54, 1.807) is 30.3 Å². The second-order valence-corrected chi connectivity index (χ2v) is 4.98. The van der Waals surface area contributed by atoms with Crippen LogP contribution in [-0.2, 0) is 6.61 Å². The molecule has 0 aliphatic rings. The fourth-order valence-corrected chi connectivity index (χ4v) is 2.30. The lowest BCUT2D eigenvalue weighted by Crippen LogP contribution is -2.11. The standard InChI is InChI=1S/C14H12Cl2N2O2/c15-11-5-10(17)6-12(16)13(11)20-7-8-2-1-3-9(4-8)14(18)19/h1-6H,7,17H2,(H2,18,19). The molecular formula is C14H12Cl2N2O2. The van der Waals surface area contributed by atoms with Gasteiger partial charge < -0.3 is 16.2 Å². The minimum atomic E-state index is -0.490. The quantitative estimate of drug-likeness (QED) is 0.851. The molecule has 6 heteroatoms. The Morgan fingerprint density at radius 2 is 1.80 bits per heavy atom. The van der Waals surface area contributed by atoms with Crippen LogP contribution in [0.15, 0.2) is 36.4 Å². The van der Waals surface area contributed by atoms with Crippen LogP contribution >= 0.6 is 23.2 Å². The van der Waals surface area contributed by atoms with E-state index in [4.69, 9.17) is 39.4 Å². The maximum absolute atomic E-state index is 11.1. The van der Waals surface area contributed by atoms with Crippen LogP contribution in [0, 0.1) is 0 Å². The van der Waals surface area contributed by atoms with Gasteiger partial charge in [-0.2, -0.15) is 0 Å². The maximum Gasteiger partial charge on any atom is 0.248 e. The van der Waals surface area contributed by atoms with Gasteiger partial charge in [-0.1, -0.05) is 35.3 Å². The van der Waals surface area contributed by atoms with Gasteiger partial charge in [0.1, 0.15) is 6.61 Å². The Morgan fingerprint density at radius 3 is 2.40 bits per heavy atom. The lowest BCUT2D eigenvalue weighted by Gasteiger charge is -2.11. The van der Waals surface area contributed by atoms with Crippen LogP contribution in [-0.4, -0.2) is 5.91 Å². The van der Waals surface area contributed by atoms with E-state index < -0.39 is 5.91 Å². The lowest BCUT2D eigenvalue weighted by atomic mass is 10.1. The molecule has 0 spiro atoms. The summed E-state index contributed by atoms with van der Waals surface area (Å²) in [4.78, 5) is 11.1. The van der Waals surface area contributed by atoms with Crippen LogP contribution in [0.3, 0.4) is 0 Å². The predicted molar refractivity (Wildman–Crippen MR) is 80.2 cm³/mol. The van der Waals surface area contributed by atoms with E-state index in [-0.39, 0.29) is 6.61 Å². The molecule has 20 heavy (non-hydrogen) atoms. The Morgan fingerprint density at radius 1 is 1.15 bits per heavy atom. The van der Waals surface area contributed by atoms with E-state index >= 15 is 0 Å². The van der Waals surface area contributed by atoms with Gasteiger partial charge >= 0.3 is 0 Å². The van der Waals surface area contributed by atoms with Gasteiger partial charge in [0.05, 0.1) is 10.0 Å². The Bertz CT molecular complexity index is 636. The summed E-state index contributed by atoms with van der Waals surface area (Å²) in [6, 6.07) is 9.94. The highest BCUT2D eigenvalue weighted by Crippen LogP contribution is 2.35. The average molecular weight is 311 g/mol. The number of halogens is 2. The van der Waals surface area contributed by atoms with Crippen LogP contribution < -0.4 is 16.2 Å². The molecule has 104 valence electrons. The smallest absolute Gasteiger partial charge is 0.248 e. The van der Waals surface area contributed by atoms with Crippen LogP contribution in [0.5, 0.6) is 5.75 Å². The summed E-state index contributed by atoms with van der Waals surface area (Å²) >= 11 is 12.0. The highest BCUT2D eigenvalue weighted by atomic mass is 35.5. The van der Waals surface area contributed by atoms with Gasteiger partial charge in [0.15, 0.2) is 5.75 Å². The molecule has 0 aromatic heterocycles. The normalized spacial score (nSPS) is 10.3. The molecule has 0 aliphatic heterocycles. The molecule has 0 saturated heterocycles. The second kappa shape index (κ2) is 6.03. The highest BCUT2D eigenvalue weighted by Gasteiger charge is 2.09. The monoisotopic (exact) mass is 310 g/mol. The number of carbonyl (C=O) groups excluding carboxylic acids is 1. The molecule has 0 saturated carbocycles.